The number of nitrogens with zero attached hydrogens (tertiary/aromatic N) is 1. The average molecular weight is 631 g/mol. The Kier molecular flexibility index (Phi) is 12.2. The molecule has 10 nitrogen and oxygen atoms in total. The highest BCUT2D eigenvalue weighted by Crippen LogP contribution is 2.39. The summed E-state index contributed by atoms with van der Waals surface area (Å²) in [7, 11) is 0. The molecule has 2 amide bonds. The van der Waals surface area contributed by atoms with Crippen LogP contribution >= 0.6 is 0 Å². The molecule has 3 aromatic rings. The zero-order chi connectivity index (χ0) is 32.3. The van der Waals surface area contributed by atoms with Gasteiger partial charge in [0.2, 0.25) is 11.8 Å². The van der Waals surface area contributed by atoms with E-state index < -0.39 is 6.29 Å². The molecule has 2 aliphatic rings. The van der Waals surface area contributed by atoms with E-state index in [-0.39, 0.29) is 43.3 Å². The Morgan fingerprint density at radius 1 is 0.848 bits per heavy atom. The van der Waals surface area contributed by atoms with Crippen molar-refractivity contribution in [2.75, 3.05) is 36.1 Å². The van der Waals surface area contributed by atoms with Gasteiger partial charge in [-0.1, -0.05) is 55.0 Å². The summed E-state index contributed by atoms with van der Waals surface area (Å²) >= 11 is 0. The first-order chi connectivity index (χ1) is 22.4. The second kappa shape index (κ2) is 16.7. The number of likely N-dealkylation sites (tertiary alicyclic amines) is 1. The van der Waals surface area contributed by atoms with E-state index in [9.17, 15) is 19.8 Å². The van der Waals surface area contributed by atoms with Crippen LogP contribution in [0.3, 0.4) is 0 Å². The Morgan fingerprint density at radius 3 is 2.24 bits per heavy atom. The minimum atomic E-state index is -0.586. The summed E-state index contributed by atoms with van der Waals surface area (Å²) in [5.41, 5.74) is 10.5. The van der Waals surface area contributed by atoms with Gasteiger partial charge in [-0.3, -0.25) is 14.5 Å². The van der Waals surface area contributed by atoms with Crippen LogP contribution in [0.4, 0.5) is 17.1 Å². The van der Waals surface area contributed by atoms with Crippen LogP contribution in [-0.2, 0) is 25.7 Å². The lowest BCUT2D eigenvalue weighted by atomic mass is 9.99. The van der Waals surface area contributed by atoms with Crippen molar-refractivity contribution in [1.82, 2.24) is 4.90 Å². The number of hydrogen-bond donors (Lipinski definition) is 5. The molecule has 46 heavy (non-hydrogen) atoms. The Labute approximate surface area is 270 Å². The predicted molar refractivity (Wildman–Crippen MR) is 178 cm³/mol. The summed E-state index contributed by atoms with van der Waals surface area (Å²) in [5.74, 6) is -0.161. The lowest BCUT2D eigenvalue weighted by molar-refractivity contribution is -0.253. The number of amides is 2. The first-order valence-electron chi connectivity index (χ1n) is 16.3. The zero-order valence-corrected chi connectivity index (χ0v) is 26.3. The Morgan fingerprint density at radius 2 is 1.54 bits per heavy atom. The van der Waals surface area contributed by atoms with E-state index in [0.29, 0.717) is 49.2 Å². The number of carbonyl (C=O) groups excluding carboxylic acids is 2. The number of para-hydroxylation sites is 2. The van der Waals surface area contributed by atoms with E-state index >= 15 is 0 Å². The van der Waals surface area contributed by atoms with Crippen LogP contribution in [0.15, 0.2) is 72.8 Å². The standard InChI is InChI=1S/C36H46N4O6/c37-31-8-4-5-9-32(31)39-35(44)11-3-1-2-10-34(43)38-28-18-16-27(17-19-28)36-45-30(22-40-20-6-7-29(40)24-42)21-33(46-36)26-14-12-25(23-41)13-15-26/h4-5,8-9,12-19,29-30,33,36,41-42H,1-3,6-7,10-11,20-24,37H2,(H,38,43)(H,39,44)/t29-,30+,33-,36-/m0/s1. The quantitative estimate of drug-likeness (QED) is 0.119. The molecule has 4 atom stereocenters. The summed E-state index contributed by atoms with van der Waals surface area (Å²) in [6.07, 6.45) is 4.76. The molecule has 246 valence electrons. The van der Waals surface area contributed by atoms with Crippen molar-refractivity contribution in [3.05, 3.63) is 89.5 Å². The topological polar surface area (TPSA) is 146 Å². The molecule has 5 rings (SSSR count). The molecule has 0 bridgehead atoms. The number of unbranched alkanes of at least 4 members (excludes halogenated alkanes) is 2. The molecule has 10 heteroatoms. The molecule has 2 fully saturated rings. The van der Waals surface area contributed by atoms with Crippen LogP contribution in [0.1, 0.15) is 80.5 Å². The van der Waals surface area contributed by atoms with Crippen molar-refractivity contribution in [3.8, 4) is 0 Å². The normalized spacial score (nSPS) is 21.6. The molecule has 0 aromatic heterocycles. The fraction of sp³-hybridized carbons (Fsp3) is 0.444. The van der Waals surface area contributed by atoms with Crippen LogP contribution in [0.5, 0.6) is 0 Å². The summed E-state index contributed by atoms with van der Waals surface area (Å²) < 4.78 is 12.9. The number of aliphatic hydroxyl groups is 2. The monoisotopic (exact) mass is 630 g/mol. The van der Waals surface area contributed by atoms with E-state index in [1.807, 2.05) is 60.7 Å². The van der Waals surface area contributed by atoms with Gasteiger partial charge in [0.1, 0.15) is 0 Å². The van der Waals surface area contributed by atoms with E-state index in [1.165, 1.54) is 0 Å². The number of nitrogens with two attached hydrogens (primary N) is 1. The summed E-state index contributed by atoms with van der Waals surface area (Å²) in [6, 6.07) is 22.7. The summed E-state index contributed by atoms with van der Waals surface area (Å²) in [6.45, 7) is 1.80. The highest BCUT2D eigenvalue weighted by Gasteiger charge is 2.35. The van der Waals surface area contributed by atoms with Gasteiger partial charge in [0.25, 0.3) is 0 Å². The Bertz CT molecular complexity index is 1420. The number of hydrogen-bond acceptors (Lipinski definition) is 8. The SMILES string of the molecule is Nc1ccccc1NC(=O)CCCCCC(=O)Nc1ccc([C@H]2O[C@@H](CN3CCC[C@H]3CO)C[C@@H](c3ccc(CO)cc3)O2)cc1. The highest BCUT2D eigenvalue weighted by atomic mass is 16.7. The minimum absolute atomic E-state index is 0.00919. The van der Waals surface area contributed by atoms with Gasteiger partial charge in [0, 0.05) is 43.1 Å². The minimum Gasteiger partial charge on any atom is -0.397 e. The molecular weight excluding hydrogens is 584 g/mol. The Hall–Kier alpha value is -3.80. The Balaban J connectivity index is 1.11. The van der Waals surface area contributed by atoms with Gasteiger partial charge in [0.05, 0.1) is 36.8 Å². The van der Waals surface area contributed by atoms with E-state index in [0.717, 1.165) is 49.0 Å². The number of nitrogen functional groups attached to an aromatic ring is 1. The largest absolute Gasteiger partial charge is 0.397 e. The lowest BCUT2D eigenvalue weighted by Crippen LogP contribution is -2.42. The summed E-state index contributed by atoms with van der Waals surface area (Å²) in [5, 5.41) is 25.1. The zero-order valence-electron chi connectivity index (χ0n) is 26.3. The van der Waals surface area contributed by atoms with Gasteiger partial charge >= 0.3 is 0 Å². The maximum atomic E-state index is 12.6. The van der Waals surface area contributed by atoms with Crippen molar-refractivity contribution >= 4 is 28.9 Å². The van der Waals surface area contributed by atoms with Gasteiger partial charge in [-0.25, -0.2) is 0 Å². The number of anilines is 3. The number of ether oxygens (including phenoxy) is 2. The fourth-order valence-corrected chi connectivity index (χ4v) is 6.16. The van der Waals surface area contributed by atoms with Crippen LogP contribution < -0.4 is 16.4 Å². The average Bonchev–Trinajstić information content (AvgIpc) is 3.53. The summed E-state index contributed by atoms with van der Waals surface area (Å²) in [4.78, 5) is 27.1. The highest BCUT2D eigenvalue weighted by molar-refractivity contribution is 5.93. The van der Waals surface area contributed by atoms with Crippen molar-refractivity contribution < 1.29 is 29.3 Å². The van der Waals surface area contributed by atoms with Crippen molar-refractivity contribution in [1.29, 1.82) is 0 Å². The molecule has 0 saturated carbocycles. The third-order valence-corrected chi connectivity index (χ3v) is 8.77. The smallest absolute Gasteiger partial charge is 0.224 e. The third-order valence-electron chi connectivity index (χ3n) is 8.77. The number of nitrogens with one attached hydrogen (secondary N) is 2. The predicted octanol–water partition coefficient (Wildman–Crippen LogP) is 5.29. The van der Waals surface area contributed by atoms with Gasteiger partial charge in [-0.15, -0.1) is 0 Å². The molecule has 3 aromatic carbocycles. The number of aliphatic hydroxyl groups excluding tert-OH is 2. The number of benzene rings is 3. The van der Waals surface area contributed by atoms with Crippen molar-refractivity contribution in [2.45, 2.75) is 82.5 Å². The molecule has 0 unspecified atom stereocenters. The van der Waals surface area contributed by atoms with Crippen molar-refractivity contribution in [3.63, 3.8) is 0 Å². The van der Waals surface area contributed by atoms with Gasteiger partial charge < -0.3 is 36.1 Å². The first-order valence-corrected chi connectivity index (χ1v) is 16.3. The second-order valence-electron chi connectivity index (χ2n) is 12.2. The molecular formula is C36H46N4O6. The van der Waals surface area contributed by atoms with Gasteiger partial charge in [-0.2, -0.15) is 0 Å². The van der Waals surface area contributed by atoms with Gasteiger partial charge in [-0.05, 0) is 67.6 Å². The lowest BCUT2D eigenvalue weighted by Gasteiger charge is -2.38. The van der Waals surface area contributed by atoms with Crippen LogP contribution in [0.25, 0.3) is 0 Å². The van der Waals surface area contributed by atoms with E-state index in [4.69, 9.17) is 15.2 Å². The van der Waals surface area contributed by atoms with Crippen LogP contribution in [-0.4, -0.2) is 58.8 Å². The number of carbonyl (C=O) groups is 2. The van der Waals surface area contributed by atoms with Crippen LogP contribution in [0, 0.1) is 0 Å². The maximum Gasteiger partial charge on any atom is 0.224 e. The molecule has 6 N–H and O–H groups in total. The van der Waals surface area contributed by atoms with Crippen molar-refractivity contribution in [2.24, 2.45) is 0 Å². The van der Waals surface area contributed by atoms with E-state index in [2.05, 4.69) is 15.5 Å². The first kappa shape index (κ1) is 33.6. The maximum absolute atomic E-state index is 12.6. The molecule has 2 saturated heterocycles. The molecule has 0 aliphatic carbocycles. The molecule has 2 heterocycles. The van der Waals surface area contributed by atoms with E-state index in [1.54, 1.807) is 12.1 Å². The van der Waals surface area contributed by atoms with Crippen LogP contribution in [0.2, 0.25) is 0 Å². The second-order valence-corrected chi connectivity index (χ2v) is 12.2. The molecule has 2 aliphatic heterocycles. The molecule has 0 radical (unpaired) electrons. The fourth-order valence-electron chi connectivity index (χ4n) is 6.16. The number of rotatable bonds is 14. The molecule has 0 spiro atoms. The third kappa shape index (κ3) is 9.37. The van der Waals surface area contributed by atoms with Gasteiger partial charge in [0.15, 0.2) is 6.29 Å².